The molecule has 47 heavy (non-hydrogen) atoms. The molecule has 0 saturated heterocycles. The van der Waals surface area contributed by atoms with Gasteiger partial charge in [-0.3, -0.25) is 0 Å². The summed E-state index contributed by atoms with van der Waals surface area (Å²) in [5.41, 5.74) is 0. The number of rotatable bonds is 9. The zero-order valence-electron chi connectivity index (χ0n) is 27.6. The van der Waals surface area contributed by atoms with Gasteiger partial charge in [-0.1, -0.05) is 137 Å². The van der Waals surface area contributed by atoms with Gasteiger partial charge < -0.3 is 12.2 Å². The summed E-state index contributed by atoms with van der Waals surface area (Å²) in [4.78, 5) is 3.01. The van der Waals surface area contributed by atoms with Gasteiger partial charge in [0, 0.05) is 0 Å². The molecule has 0 spiro atoms. The monoisotopic (exact) mass is 784 g/mol. The predicted molar refractivity (Wildman–Crippen MR) is 216 cm³/mol. The van der Waals surface area contributed by atoms with Gasteiger partial charge in [-0.05, 0) is 48.5 Å². The summed E-state index contributed by atoms with van der Waals surface area (Å²) >= 11 is 3.93. The zero-order chi connectivity index (χ0) is 32.8. The van der Waals surface area contributed by atoms with E-state index >= 15 is 0 Å². The molecule has 2 aliphatic carbocycles. The van der Waals surface area contributed by atoms with Crippen molar-refractivity contribution in [2.45, 2.75) is 77.0 Å². The summed E-state index contributed by atoms with van der Waals surface area (Å²) in [5, 5.41) is 6.06. The second-order valence-electron chi connectivity index (χ2n) is 12.1. The van der Waals surface area contributed by atoms with Crippen molar-refractivity contribution in [2.24, 2.45) is 0 Å². The zero-order valence-corrected chi connectivity index (χ0v) is 33.0. The first-order chi connectivity index (χ1) is 23.4. The molecule has 0 bridgehead atoms. The van der Waals surface area contributed by atoms with Gasteiger partial charge in [0.2, 0.25) is 0 Å². The van der Waals surface area contributed by atoms with Crippen LogP contribution in [0.2, 0.25) is 0 Å². The van der Waals surface area contributed by atoms with E-state index < -0.39 is 15.8 Å². The van der Waals surface area contributed by atoms with Gasteiger partial charge in [0.05, 0.1) is 37.1 Å². The molecular formula is C42H51P2RhS2. The Kier molecular flexibility index (Phi) is 19.3. The maximum absolute atomic E-state index is 4.01. The molecule has 0 unspecified atom stereocenters. The second kappa shape index (κ2) is 23.7. The molecule has 0 radical (unpaired) electrons. The van der Waals surface area contributed by atoms with Crippen molar-refractivity contribution >= 4 is 58.9 Å². The van der Waals surface area contributed by atoms with Gasteiger partial charge >= 0.3 is 26.7 Å². The van der Waals surface area contributed by atoms with Gasteiger partial charge in [0.25, 0.3) is 0 Å². The minimum atomic E-state index is -0.783. The van der Waals surface area contributed by atoms with E-state index in [4.69, 9.17) is 0 Å². The third-order valence-corrected chi connectivity index (χ3v) is 16.0. The van der Waals surface area contributed by atoms with Gasteiger partial charge in [0.1, 0.15) is 12.3 Å². The largest absolute Gasteiger partial charge is 0.101 e. The quantitative estimate of drug-likeness (QED) is 0.0942. The van der Waals surface area contributed by atoms with Crippen LogP contribution in [-0.2, 0) is 16.6 Å². The standard InChI is InChI=1S/C26H24P2.C16H24S.Rh.S.H/c1-5-13-23(14-6-1)27(24-15-7-2-8-16-24)21-22-28(25-17-9-3-10-18-25)26-19-11-4-12-20-26;1-3-7-11-15(12-8-4-1)17-16-13-9-5-2-6-10-14-16;;;/h1-20H,21-22H2;1-11,13H2;;;/q;-2;;;/p+2. The maximum Gasteiger partial charge on any atom is 0.101 e. The molecule has 0 fully saturated rings. The van der Waals surface area contributed by atoms with Crippen molar-refractivity contribution in [3.05, 3.63) is 143 Å². The molecule has 0 amide bonds. The first-order valence-corrected chi connectivity index (χ1v) is 24.0. The average Bonchev–Trinajstić information content (AvgIpc) is 3.11. The van der Waals surface area contributed by atoms with Gasteiger partial charge in [-0.2, -0.15) is 34.4 Å². The number of benzene rings is 4. The average molecular weight is 785 g/mol. The minimum absolute atomic E-state index is 0.783. The molecule has 5 heteroatoms. The number of hydrogen-bond acceptors (Lipinski definition) is 2. The Balaban J connectivity index is 0.000000225. The summed E-state index contributed by atoms with van der Waals surface area (Å²) < 4.78 is 0. The van der Waals surface area contributed by atoms with E-state index in [1.54, 1.807) is 0 Å². The van der Waals surface area contributed by atoms with Crippen LogP contribution in [0.15, 0.2) is 131 Å². The smallest absolute Gasteiger partial charge is 0.0620 e. The van der Waals surface area contributed by atoms with Crippen molar-refractivity contribution in [3.8, 4) is 0 Å². The van der Waals surface area contributed by atoms with Crippen LogP contribution in [0.25, 0.3) is 0 Å². The number of thioether (sulfide) groups is 1. The van der Waals surface area contributed by atoms with Crippen molar-refractivity contribution in [3.63, 3.8) is 0 Å². The van der Waals surface area contributed by atoms with E-state index in [9.17, 15) is 0 Å². The molecule has 4 aromatic carbocycles. The van der Waals surface area contributed by atoms with Crippen molar-refractivity contribution in [2.75, 3.05) is 12.3 Å². The second-order valence-corrected chi connectivity index (χ2v) is 18.5. The van der Waals surface area contributed by atoms with E-state index in [0.29, 0.717) is 0 Å². The number of hydrogen-bond donors (Lipinski definition) is 0. The summed E-state index contributed by atoms with van der Waals surface area (Å²) in [6.07, 6.45) is 25.7. The molecule has 0 aromatic heterocycles. The van der Waals surface area contributed by atoms with E-state index in [1.807, 2.05) is 28.3 Å². The molecule has 2 aliphatic rings. The normalized spacial score (nSPS) is 15.3. The van der Waals surface area contributed by atoms with Crippen LogP contribution in [0.3, 0.4) is 0 Å². The Morgan fingerprint density at radius 2 is 0.745 bits per heavy atom. The van der Waals surface area contributed by atoms with Crippen LogP contribution in [0.5, 0.6) is 0 Å². The molecule has 4 aromatic rings. The summed E-state index contributed by atoms with van der Waals surface area (Å²) in [5.74, 6) is 0. The van der Waals surface area contributed by atoms with E-state index in [2.05, 4.69) is 144 Å². The molecule has 0 heterocycles. The van der Waals surface area contributed by atoms with Crippen LogP contribution in [0, 0.1) is 12.2 Å². The van der Waals surface area contributed by atoms with E-state index in [1.165, 1.54) is 120 Å². The molecule has 0 N–H and O–H groups in total. The van der Waals surface area contributed by atoms with E-state index in [-0.39, 0.29) is 0 Å². The van der Waals surface area contributed by atoms with Crippen LogP contribution in [-0.4, -0.2) is 12.3 Å². The number of allylic oxidation sites excluding steroid dienone is 4. The minimum Gasteiger partial charge on any atom is -0.0620 e. The summed E-state index contributed by atoms with van der Waals surface area (Å²) in [6.45, 7) is 0. The third kappa shape index (κ3) is 14.0. The first kappa shape index (κ1) is 38.2. The topological polar surface area (TPSA) is 0 Å². The predicted octanol–water partition coefficient (Wildman–Crippen LogP) is 10.9. The molecule has 6 rings (SSSR count). The van der Waals surface area contributed by atoms with Crippen LogP contribution >= 0.6 is 37.7 Å². The van der Waals surface area contributed by atoms with Gasteiger partial charge in [-0.25, -0.2) is 0 Å². The Hall–Kier alpha value is -1.59. The third-order valence-electron chi connectivity index (χ3n) is 8.67. The molecular weight excluding hydrogens is 733 g/mol. The fraction of sp³-hybridized carbons (Fsp3) is 0.333. The fourth-order valence-electron chi connectivity index (χ4n) is 6.20. The van der Waals surface area contributed by atoms with Crippen molar-refractivity contribution in [1.82, 2.24) is 0 Å². The van der Waals surface area contributed by atoms with Crippen LogP contribution in [0.4, 0.5) is 0 Å². The first-order valence-electron chi connectivity index (χ1n) is 17.3. The van der Waals surface area contributed by atoms with E-state index in [0.717, 1.165) is 0 Å². The molecule has 0 saturated carbocycles. The SMILES string of the molecule is [C-]1=C(SC2=[C-]CCCCCC2)CCCCCC1.[S]=[RhH].c1ccc([PH+](CC[PH+](c2ccccc2)c2ccccc2)c2ccccc2)cc1. The van der Waals surface area contributed by atoms with Crippen LogP contribution in [0.1, 0.15) is 77.0 Å². The fourth-order valence-corrected chi connectivity index (χ4v) is 13.5. The molecule has 0 atom stereocenters. The Bertz CT molecular complexity index is 1260. The summed E-state index contributed by atoms with van der Waals surface area (Å²) in [6, 6.07) is 44.5. The van der Waals surface area contributed by atoms with Crippen LogP contribution < -0.4 is 21.2 Å². The van der Waals surface area contributed by atoms with Gasteiger partial charge in [-0.15, -0.1) is 0 Å². The Morgan fingerprint density at radius 1 is 0.447 bits per heavy atom. The van der Waals surface area contributed by atoms with Crippen molar-refractivity contribution in [1.29, 1.82) is 0 Å². The maximum atomic E-state index is 4.01. The molecule has 0 nitrogen and oxygen atoms in total. The Morgan fingerprint density at radius 3 is 1.06 bits per heavy atom. The van der Waals surface area contributed by atoms with Crippen molar-refractivity contribution < 1.29 is 16.6 Å². The molecule has 0 aliphatic heterocycles. The summed E-state index contributed by atoms with van der Waals surface area (Å²) in [7, 11) is 2.45. The Labute approximate surface area is 306 Å². The van der Waals surface area contributed by atoms with Gasteiger partial charge in [0.15, 0.2) is 0 Å². The molecule has 250 valence electrons.